The lowest BCUT2D eigenvalue weighted by molar-refractivity contribution is 1.09. The van der Waals surface area contributed by atoms with Crippen molar-refractivity contribution in [2.45, 2.75) is 48.0 Å². The molecule has 0 spiro atoms. The number of fused-ring (bicyclic) bond motifs is 1. The van der Waals surface area contributed by atoms with Crippen molar-refractivity contribution in [2.24, 2.45) is 0 Å². The lowest BCUT2D eigenvalue weighted by atomic mass is 10.3. The van der Waals surface area contributed by atoms with Crippen molar-refractivity contribution in [2.75, 3.05) is 0 Å². The molecule has 0 radical (unpaired) electrons. The van der Waals surface area contributed by atoms with Crippen LogP contribution in [0.5, 0.6) is 0 Å². The van der Waals surface area contributed by atoms with E-state index < -0.39 is 0 Å². The van der Waals surface area contributed by atoms with Gasteiger partial charge in [-0.1, -0.05) is 66.2 Å². The van der Waals surface area contributed by atoms with Crippen LogP contribution in [-0.2, 0) is 0 Å². The van der Waals surface area contributed by atoms with Gasteiger partial charge in [-0.05, 0) is 17.5 Å². The summed E-state index contributed by atoms with van der Waals surface area (Å²) in [5.41, 5.74) is 1.21. The number of nitrogens with one attached hydrogen (secondary N) is 1. The number of para-hydroxylation sites is 1. The van der Waals surface area contributed by atoms with Gasteiger partial charge in [0.1, 0.15) is 0 Å². The Bertz CT molecular complexity index is 292. The maximum absolute atomic E-state index is 3.12. The largest absolute Gasteiger partial charge is 0.361 e. The average molecular weight is 221 g/mol. The summed E-state index contributed by atoms with van der Waals surface area (Å²) in [4.78, 5) is 3.12. The van der Waals surface area contributed by atoms with Crippen LogP contribution in [0.2, 0.25) is 0 Å². The molecule has 0 amide bonds. The van der Waals surface area contributed by atoms with Crippen LogP contribution in [0.25, 0.3) is 10.9 Å². The molecule has 1 heteroatoms. The first-order valence-electron chi connectivity index (χ1n) is 6.40. The fraction of sp³-hybridized carbons (Fsp3) is 0.467. The van der Waals surface area contributed by atoms with Crippen LogP contribution >= 0.6 is 0 Å². The molecule has 16 heavy (non-hydrogen) atoms. The van der Waals surface area contributed by atoms with Gasteiger partial charge < -0.3 is 4.98 Å². The number of aromatic amines is 1. The molecular weight excluding hydrogens is 194 g/mol. The molecule has 92 valence electrons. The molecule has 0 unspecified atom stereocenters. The van der Waals surface area contributed by atoms with E-state index in [1.807, 2.05) is 46.0 Å². The van der Waals surface area contributed by atoms with Crippen molar-refractivity contribution in [3.05, 3.63) is 36.5 Å². The number of rotatable bonds is 0. The highest BCUT2D eigenvalue weighted by Gasteiger charge is 1.86. The van der Waals surface area contributed by atoms with Crippen molar-refractivity contribution in [3.63, 3.8) is 0 Å². The van der Waals surface area contributed by atoms with Gasteiger partial charge in [-0.15, -0.1) is 0 Å². The summed E-state index contributed by atoms with van der Waals surface area (Å²) in [5.74, 6) is 0. The standard InChI is InChI=1S/C8H7N.C3H8.2C2H6/c1-2-4-8-7(3-1)5-6-9-8;1-3-2;2*1-2/h1-6,9H;3H2,1-2H3;2*1-2H3. The summed E-state index contributed by atoms with van der Waals surface area (Å²) in [7, 11) is 0. The first kappa shape index (κ1) is 17.2. The molecule has 0 fully saturated rings. The van der Waals surface area contributed by atoms with Gasteiger partial charge in [0.2, 0.25) is 0 Å². The van der Waals surface area contributed by atoms with E-state index in [9.17, 15) is 0 Å². The minimum atomic E-state index is 1.21. The van der Waals surface area contributed by atoms with E-state index in [0.29, 0.717) is 0 Å². The number of hydrogen-bond acceptors (Lipinski definition) is 0. The lowest BCUT2D eigenvalue weighted by Gasteiger charge is -1.83. The molecule has 0 saturated carbocycles. The Morgan fingerprint density at radius 3 is 1.88 bits per heavy atom. The normalized spacial score (nSPS) is 7.62. The molecule has 0 aliphatic carbocycles. The quantitative estimate of drug-likeness (QED) is 0.593. The Hall–Kier alpha value is -1.24. The Morgan fingerprint density at radius 1 is 0.875 bits per heavy atom. The zero-order chi connectivity index (χ0) is 12.8. The number of benzene rings is 1. The van der Waals surface area contributed by atoms with Crippen molar-refractivity contribution in [1.82, 2.24) is 4.98 Å². The zero-order valence-corrected chi connectivity index (χ0v) is 11.7. The zero-order valence-electron chi connectivity index (χ0n) is 11.7. The van der Waals surface area contributed by atoms with E-state index in [2.05, 4.69) is 37.0 Å². The minimum Gasteiger partial charge on any atom is -0.361 e. The molecule has 0 saturated heterocycles. The second kappa shape index (κ2) is 13.8. The molecule has 0 atom stereocenters. The van der Waals surface area contributed by atoms with Gasteiger partial charge in [0.05, 0.1) is 0 Å². The van der Waals surface area contributed by atoms with Crippen LogP contribution in [0, 0.1) is 0 Å². The van der Waals surface area contributed by atoms with E-state index in [0.717, 1.165) is 0 Å². The van der Waals surface area contributed by atoms with E-state index in [1.165, 1.54) is 17.3 Å². The third-order valence-electron chi connectivity index (χ3n) is 1.46. The van der Waals surface area contributed by atoms with E-state index in [-0.39, 0.29) is 0 Å². The Balaban J connectivity index is 0. The number of aromatic nitrogens is 1. The van der Waals surface area contributed by atoms with Gasteiger partial charge >= 0.3 is 0 Å². The van der Waals surface area contributed by atoms with Crippen LogP contribution in [-0.4, -0.2) is 4.98 Å². The van der Waals surface area contributed by atoms with E-state index >= 15 is 0 Å². The fourth-order valence-electron chi connectivity index (χ4n) is 0.995. The molecular formula is C15H27N. The molecule has 0 aliphatic rings. The molecule has 0 aliphatic heterocycles. The van der Waals surface area contributed by atoms with Gasteiger partial charge in [-0.25, -0.2) is 0 Å². The smallest absolute Gasteiger partial charge is 0.0453 e. The molecule has 2 aromatic rings. The Morgan fingerprint density at radius 2 is 1.38 bits per heavy atom. The van der Waals surface area contributed by atoms with Crippen molar-refractivity contribution < 1.29 is 0 Å². The summed E-state index contributed by atoms with van der Waals surface area (Å²) < 4.78 is 0. The molecule has 0 bridgehead atoms. The van der Waals surface area contributed by atoms with Crippen LogP contribution in [0.3, 0.4) is 0 Å². The van der Waals surface area contributed by atoms with Gasteiger partial charge in [0.25, 0.3) is 0 Å². The summed E-state index contributed by atoms with van der Waals surface area (Å²) >= 11 is 0. The summed E-state index contributed by atoms with van der Waals surface area (Å²) in [6.07, 6.45) is 3.20. The SMILES string of the molecule is CC.CC.CCC.c1ccc2[nH]ccc2c1. The highest BCUT2D eigenvalue weighted by atomic mass is 14.6. The fourth-order valence-corrected chi connectivity index (χ4v) is 0.995. The maximum Gasteiger partial charge on any atom is 0.0453 e. The molecule has 1 aromatic heterocycles. The summed E-state index contributed by atoms with van der Waals surface area (Å²) in [6, 6.07) is 10.3. The predicted molar refractivity (Wildman–Crippen MR) is 77.0 cm³/mol. The maximum atomic E-state index is 3.12. The molecule has 2 rings (SSSR count). The van der Waals surface area contributed by atoms with Gasteiger partial charge in [-0.3, -0.25) is 0 Å². The lowest BCUT2D eigenvalue weighted by Crippen LogP contribution is -1.61. The van der Waals surface area contributed by atoms with Crippen molar-refractivity contribution >= 4 is 10.9 Å². The van der Waals surface area contributed by atoms with Crippen LogP contribution in [0.15, 0.2) is 36.5 Å². The molecule has 1 heterocycles. The molecule has 1 nitrogen and oxygen atoms in total. The third kappa shape index (κ3) is 7.10. The summed E-state index contributed by atoms with van der Waals surface area (Å²) in [5, 5.41) is 1.28. The minimum absolute atomic E-state index is 1.21. The van der Waals surface area contributed by atoms with E-state index in [4.69, 9.17) is 0 Å². The number of hydrogen-bond donors (Lipinski definition) is 1. The van der Waals surface area contributed by atoms with Crippen LogP contribution in [0.1, 0.15) is 48.0 Å². The van der Waals surface area contributed by atoms with Gasteiger partial charge in [0.15, 0.2) is 0 Å². The average Bonchev–Trinajstić information content (AvgIpc) is 2.83. The topological polar surface area (TPSA) is 15.8 Å². The summed E-state index contributed by atoms with van der Waals surface area (Å²) in [6.45, 7) is 12.2. The van der Waals surface area contributed by atoms with Gasteiger partial charge in [0, 0.05) is 11.7 Å². The first-order valence-corrected chi connectivity index (χ1v) is 6.40. The van der Waals surface area contributed by atoms with E-state index in [1.54, 1.807) is 0 Å². The first-order chi connectivity index (χ1) is 7.88. The Kier molecular flexibility index (Phi) is 14.8. The predicted octanol–water partition coefficient (Wildman–Crippen LogP) is 5.64. The molecule has 1 aromatic carbocycles. The highest BCUT2D eigenvalue weighted by Crippen LogP contribution is 2.09. The highest BCUT2D eigenvalue weighted by molar-refractivity contribution is 5.78. The van der Waals surface area contributed by atoms with Crippen molar-refractivity contribution in [3.8, 4) is 0 Å². The monoisotopic (exact) mass is 221 g/mol. The molecule has 1 N–H and O–H groups in total. The second-order valence-corrected chi connectivity index (χ2v) is 2.77. The Labute approximate surface area is 101 Å². The van der Waals surface area contributed by atoms with Gasteiger partial charge in [-0.2, -0.15) is 0 Å². The third-order valence-corrected chi connectivity index (χ3v) is 1.46. The van der Waals surface area contributed by atoms with Crippen LogP contribution in [0.4, 0.5) is 0 Å². The number of H-pyrrole nitrogens is 1. The van der Waals surface area contributed by atoms with Crippen molar-refractivity contribution in [1.29, 1.82) is 0 Å². The van der Waals surface area contributed by atoms with Crippen LogP contribution < -0.4 is 0 Å². The second-order valence-electron chi connectivity index (χ2n) is 2.77.